The van der Waals surface area contributed by atoms with E-state index in [9.17, 15) is 0 Å². The van der Waals surface area contributed by atoms with Gasteiger partial charge in [0.15, 0.2) is 0 Å². The van der Waals surface area contributed by atoms with Crippen LogP contribution in [0.15, 0.2) is 28.9 Å². The second-order valence-electron chi connectivity index (χ2n) is 3.78. The molecular formula is C12H14O. The summed E-state index contributed by atoms with van der Waals surface area (Å²) in [7, 11) is 0. The second-order valence-corrected chi connectivity index (χ2v) is 3.78. The first-order chi connectivity index (χ1) is 6.20. The van der Waals surface area contributed by atoms with E-state index < -0.39 is 0 Å². The van der Waals surface area contributed by atoms with Gasteiger partial charge in [0.25, 0.3) is 0 Å². The Balaban J connectivity index is 2.80. The third-order valence-electron chi connectivity index (χ3n) is 2.47. The van der Waals surface area contributed by atoms with Crippen molar-refractivity contribution in [2.45, 2.75) is 26.7 Å². The first kappa shape index (κ1) is 8.36. The van der Waals surface area contributed by atoms with E-state index in [1.807, 2.05) is 6.07 Å². The van der Waals surface area contributed by atoms with E-state index >= 15 is 0 Å². The van der Waals surface area contributed by atoms with Crippen LogP contribution < -0.4 is 0 Å². The summed E-state index contributed by atoms with van der Waals surface area (Å²) < 4.78 is 5.36. The van der Waals surface area contributed by atoms with E-state index in [2.05, 4.69) is 32.9 Å². The molecule has 0 aliphatic heterocycles. The van der Waals surface area contributed by atoms with Crippen molar-refractivity contribution in [2.24, 2.45) is 0 Å². The summed E-state index contributed by atoms with van der Waals surface area (Å²) in [6.45, 7) is 6.59. The molecule has 2 rings (SSSR count). The zero-order valence-electron chi connectivity index (χ0n) is 8.29. The molecular weight excluding hydrogens is 160 g/mol. The van der Waals surface area contributed by atoms with Crippen LogP contribution in [0.5, 0.6) is 0 Å². The molecule has 0 saturated heterocycles. The number of furan rings is 1. The molecule has 1 aromatic heterocycles. The van der Waals surface area contributed by atoms with E-state index in [0.29, 0.717) is 5.92 Å². The van der Waals surface area contributed by atoms with Crippen LogP contribution in [0.1, 0.15) is 30.9 Å². The molecule has 1 aromatic carbocycles. The SMILES string of the molecule is Cc1ccc2occc2c1C(C)C. The summed E-state index contributed by atoms with van der Waals surface area (Å²) in [5.41, 5.74) is 3.75. The minimum atomic E-state index is 0.557. The molecule has 0 unspecified atom stereocenters. The van der Waals surface area contributed by atoms with Gasteiger partial charge in [0, 0.05) is 5.39 Å². The van der Waals surface area contributed by atoms with Crippen LogP contribution >= 0.6 is 0 Å². The third-order valence-corrected chi connectivity index (χ3v) is 2.47. The highest BCUT2D eigenvalue weighted by molar-refractivity contribution is 5.82. The van der Waals surface area contributed by atoms with Gasteiger partial charge < -0.3 is 4.42 Å². The van der Waals surface area contributed by atoms with Crippen molar-refractivity contribution in [2.75, 3.05) is 0 Å². The summed E-state index contributed by atoms with van der Waals surface area (Å²) in [5, 5.41) is 1.26. The standard InChI is InChI=1S/C12H14O/c1-8(2)12-9(3)4-5-11-10(12)6-7-13-11/h4-8H,1-3H3. The highest BCUT2D eigenvalue weighted by Gasteiger charge is 2.09. The van der Waals surface area contributed by atoms with Crippen LogP contribution in [-0.4, -0.2) is 0 Å². The van der Waals surface area contributed by atoms with Gasteiger partial charge in [-0.3, -0.25) is 0 Å². The number of fused-ring (bicyclic) bond motifs is 1. The fourth-order valence-corrected chi connectivity index (χ4v) is 1.94. The Kier molecular flexibility index (Phi) is 1.87. The second kappa shape index (κ2) is 2.91. The smallest absolute Gasteiger partial charge is 0.134 e. The molecule has 1 heteroatoms. The van der Waals surface area contributed by atoms with Crippen LogP contribution in [-0.2, 0) is 0 Å². The molecule has 0 aliphatic carbocycles. The molecule has 0 saturated carbocycles. The lowest BCUT2D eigenvalue weighted by molar-refractivity contribution is 0.615. The minimum Gasteiger partial charge on any atom is -0.464 e. The molecule has 1 heterocycles. The Hall–Kier alpha value is -1.24. The van der Waals surface area contributed by atoms with Gasteiger partial charge in [-0.1, -0.05) is 19.9 Å². The van der Waals surface area contributed by atoms with Crippen LogP contribution in [0, 0.1) is 6.92 Å². The summed E-state index contributed by atoms with van der Waals surface area (Å²) in [5.74, 6) is 0.557. The number of hydrogen-bond acceptors (Lipinski definition) is 1. The van der Waals surface area contributed by atoms with Crippen LogP contribution in [0.4, 0.5) is 0 Å². The summed E-state index contributed by atoms with van der Waals surface area (Å²) >= 11 is 0. The molecule has 0 radical (unpaired) electrons. The maximum Gasteiger partial charge on any atom is 0.134 e. The van der Waals surface area contributed by atoms with Crippen LogP contribution in [0.3, 0.4) is 0 Å². The van der Waals surface area contributed by atoms with Crippen molar-refractivity contribution >= 4 is 11.0 Å². The normalized spacial score (nSPS) is 11.4. The topological polar surface area (TPSA) is 13.1 Å². The lowest BCUT2D eigenvalue weighted by Crippen LogP contribution is -1.91. The van der Waals surface area contributed by atoms with Gasteiger partial charge in [-0.2, -0.15) is 0 Å². The average molecular weight is 174 g/mol. The molecule has 13 heavy (non-hydrogen) atoms. The molecule has 0 bridgehead atoms. The van der Waals surface area contributed by atoms with Crippen molar-refractivity contribution in [3.8, 4) is 0 Å². The molecule has 0 aliphatic rings. The van der Waals surface area contributed by atoms with Gasteiger partial charge in [-0.15, -0.1) is 0 Å². The van der Waals surface area contributed by atoms with Gasteiger partial charge in [-0.25, -0.2) is 0 Å². The van der Waals surface area contributed by atoms with Crippen molar-refractivity contribution in [3.05, 3.63) is 35.6 Å². The number of benzene rings is 1. The minimum absolute atomic E-state index is 0.557. The van der Waals surface area contributed by atoms with Crippen molar-refractivity contribution < 1.29 is 4.42 Å². The lowest BCUT2D eigenvalue weighted by Gasteiger charge is -2.10. The van der Waals surface area contributed by atoms with Crippen molar-refractivity contribution in [1.82, 2.24) is 0 Å². The number of hydrogen-bond donors (Lipinski definition) is 0. The van der Waals surface area contributed by atoms with E-state index in [1.54, 1.807) is 6.26 Å². The number of aryl methyl sites for hydroxylation is 1. The molecule has 0 amide bonds. The summed E-state index contributed by atoms with van der Waals surface area (Å²) in [6.07, 6.45) is 1.76. The molecule has 0 fully saturated rings. The summed E-state index contributed by atoms with van der Waals surface area (Å²) in [6, 6.07) is 6.22. The zero-order valence-corrected chi connectivity index (χ0v) is 8.29. The Morgan fingerprint density at radius 3 is 2.62 bits per heavy atom. The van der Waals surface area contributed by atoms with Crippen LogP contribution in [0.25, 0.3) is 11.0 Å². The quantitative estimate of drug-likeness (QED) is 0.639. The molecule has 2 aromatic rings. The molecule has 0 N–H and O–H groups in total. The molecule has 1 nitrogen and oxygen atoms in total. The van der Waals surface area contributed by atoms with Gasteiger partial charge in [0.05, 0.1) is 6.26 Å². The van der Waals surface area contributed by atoms with Crippen molar-refractivity contribution in [1.29, 1.82) is 0 Å². The summed E-state index contributed by atoms with van der Waals surface area (Å²) in [4.78, 5) is 0. The monoisotopic (exact) mass is 174 g/mol. The third kappa shape index (κ3) is 1.24. The predicted octanol–water partition coefficient (Wildman–Crippen LogP) is 3.86. The first-order valence-electron chi connectivity index (χ1n) is 4.67. The van der Waals surface area contributed by atoms with Gasteiger partial charge in [-0.05, 0) is 36.1 Å². The Morgan fingerprint density at radius 1 is 1.15 bits per heavy atom. The average Bonchev–Trinajstić information content (AvgIpc) is 2.50. The Labute approximate surface area is 78.4 Å². The predicted molar refractivity (Wildman–Crippen MR) is 55.0 cm³/mol. The fourth-order valence-electron chi connectivity index (χ4n) is 1.94. The largest absolute Gasteiger partial charge is 0.464 e. The maximum atomic E-state index is 5.36. The number of rotatable bonds is 1. The molecule has 0 atom stereocenters. The lowest BCUT2D eigenvalue weighted by atomic mass is 9.95. The Morgan fingerprint density at radius 2 is 1.92 bits per heavy atom. The first-order valence-corrected chi connectivity index (χ1v) is 4.67. The van der Waals surface area contributed by atoms with E-state index in [1.165, 1.54) is 16.5 Å². The van der Waals surface area contributed by atoms with E-state index in [0.717, 1.165) is 5.58 Å². The zero-order chi connectivity index (χ0) is 9.42. The van der Waals surface area contributed by atoms with Gasteiger partial charge >= 0.3 is 0 Å². The highest BCUT2D eigenvalue weighted by atomic mass is 16.3. The van der Waals surface area contributed by atoms with Gasteiger partial charge in [0.1, 0.15) is 5.58 Å². The fraction of sp³-hybridized carbons (Fsp3) is 0.333. The molecule has 0 spiro atoms. The molecule has 68 valence electrons. The van der Waals surface area contributed by atoms with Crippen molar-refractivity contribution in [3.63, 3.8) is 0 Å². The van der Waals surface area contributed by atoms with E-state index in [-0.39, 0.29) is 0 Å². The highest BCUT2D eigenvalue weighted by Crippen LogP contribution is 2.28. The maximum absolute atomic E-state index is 5.36. The van der Waals surface area contributed by atoms with E-state index in [4.69, 9.17) is 4.42 Å². The van der Waals surface area contributed by atoms with Gasteiger partial charge in [0.2, 0.25) is 0 Å². The Bertz CT molecular complexity index is 424. The van der Waals surface area contributed by atoms with Crippen LogP contribution in [0.2, 0.25) is 0 Å².